The van der Waals surface area contributed by atoms with Gasteiger partial charge in [-0.1, -0.05) is 35.5 Å². The molecule has 0 saturated heterocycles. The molecule has 1 fully saturated rings. The molecule has 0 unspecified atom stereocenters. The zero-order chi connectivity index (χ0) is 19.5. The maximum atomic E-state index is 13.0. The second kappa shape index (κ2) is 7.84. The fourth-order valence-corrected chi connectivity index (χ4v) is 3.14. The number of imidazole rings is 1. The van der Waals surface area contributed by atoms with Gasteiger partial charge in [0.2, 0.25) is 5.89 Å². The van der Waals surface area contributed by atoms with E-state index in [1.54, 1.807) is 11.1 Å². The summed E-state index contributed by atoms with van der Waals surface area (Å²) < 4.78 is 7.22. The van der Waals surface area contributed by atoms with Crippen molar-refractivity contribution in [1.29, 1.82) is 0 Å². The fourth-order valence-electron chi connectivity index (χ4n) is 3.14. The molecular formula is C20H24N6O2. The molecule has 2 heterocycles. The lowest BCUT2D eigenvalue weighted by molar-refractivity contribution is 0.193. The topological polar surface area (TPSA) is 89.1 Å². The Bertz CT molecular complexity index is 931. The van der Waals surface area contributed by atoms with E-state index < -0.39 is 0 Å². The molecule has 0 radical (unpaired) electrons. The summed E-state index contributed by atoms with van der Waals surface area (Å²) in [6.07, 6.45) is 5.80. The van der Waals surface area contributed by atoms with Crippen LogP contribution in [0, 0.1) is 0 Å². The standard InChI is InChI=1S/C20H24N6O2/c1-3-26(13-16-22-19(28-24-16)15-9-10-15)20(27)23-17(14-7-5-4-6-8-14)18-21-11-12-25(18)2/h4-8,11-12,15,17H,3,9-10,13H2,1-2H3,(H,23,27)/t17-/m0/s1. The molecule has 0 aliphatic heterocycles. The molecule has 0 spiro atoms. The molecule has 1 aromatic carbocycles. The second-order valence-corrected chi connectivity index (χ2v) is 7.03. The second-order valence-electron chi connectivity index (χ2n) is 7.03. The molecule has 3 aromatic rings. The summed E-state index contributed by atoms with van der Waals surface area (Å²) in [6.45, 7) is 2.77. The first-order valence-electron chi connectivity index (χ1n) is 9.55. The van der Waals surface area contributed by atoms with Crippen LogP contribution in [0.15, 0.2) is 47.2 Å². The molecule has 146 valence electrons. The maximum Gasteiger partial charge on any atom is 0.318 e. The monoisotopic (exact) mass is 380 g/mol. The summed E-state index contributed by atoms with van der Waals surface area (Å²) in [4.78, 5) is 23.5. The molecule has 2 amide bonds. The molecule has 8 heteroatoms. The predicted molar refractivity (Wildman–Crippen MR) is 102 cm³/mol. The van der Waals surface area contributed by atoms with Crippen LogP contribution in [-0.2, 0) is 13.6 Å². The Kier molecular flexibility index (Phi) is 5.10. The fraction of sp³-hybridized carbons (Fsp3) is 0.400. The van der Waals surface area contributed by atoms with Crippen LogP contribution < -0.4 is 5.32 Å². The van der Waals surface area contributed by atoms with E-state index in [-0.39, 0.29) is 12.1 Å². The van der Waals surface area contributed by atoms with Gasteiger partial charge in [-0.25, -0.2) is 9.78 Å². The number of nitrogens with zero attached hydrogens (tertiary/aromatic N) is 5. The highest BCUT2D eigenvalue weighted by Gasteiger charge is 2.30. The van der Waals surface area contributed by atoms with Gasteiger partial charge in [-0.3, -0.25) is 0 Å². The van der Waals surface area contributed by atoms with E-state index >= 15 is 0 Å². The highest BCUT2D eigenvalue weighted by atomic mass is 16.5. The molecule has 1 aliphatic carbocycles. The first-order chi connectivity index (χ1) is 13.7. The lowest BCUT2D eigenvalue weighted by atomic mass is 10.1. The van der Waals surface area contributed by atoms with E-state index in [9.17, 15) is 4.79 Å². The largest absolute Gasteiger partial charge is 0.339 e. The summed E-state index contributed by atoms with van der Waals surface area (Å²) in [5, 5.41) is 7.13. The third-order valence-electron chi connectivity index (χ3n) is 4.93. The van der Waals surface area contributed by atoms with Crippen molar-refractivity contribution in [1.82, 2.24) is 29.9 Å². The van der Waals surface area contributed by atoms with Gasteiger partial charge in [-0.15, -0.1) is 0 Å². The zero-order valence-electron chi connectivity index (χ0n) is 16.1. The molecule has 1 N–H and O–H groups in total. The number of nitrogens with one attached hydrogen (secondary N) is 1. The summed E-state index contributed by atoms with van der Waals surface area (Å²) in [7, 11) is 1.92. The van der Waals surface area contributed by atoms with Crippen molar-refractivity contribution in [3.63, 3.8) is 0 Å². The number of benzene rings is 1. The first-order valence-corrected chi connectivity index (χ1v) is 9.55. The molecule has 1 saturated carbocycles. The van der Waals surface area contributed by atoms with Gasteiger partial charge in [0.05, 0.1) is 6.54 Å². The summed E-state index contributed by atoms with van der Waals surface area (Å²) in [5.41, 5.74) is 0.969. The number of carbonyl (C=O) groups is 1. The molecule has 1 atom stereocenters. The molecular weight excluding hydrogens is 356 g/mol. The van der Waals surface area contributed by atoms with Gasteiger partial charge >= 0.3 is 6.03 Å². The normalized spacial score (nSPS) is 14.6. The van der Waals surface area contributed by atoms with Crippen LogP contribution in [-0.4, -0.2) is 37.2 Å². The van der Waals surface area contributed by atoms with Crippen LogP contribution >= 0.6 is 0 Å². The number of aromatic nitrogens is 4. The quantitative estimate of drug-likeness (QED) is 0.681. The highest BCUT2D eigenvalue weighted by molar-refractivity contribution is 5.75. The van der Waals surface area contributed by atoms with Gasteiger partial charge in [-0.2, -0.15) is 4.98 Å². The average molecular weight is 380 g/mol. The Morgan fingerprint density at radius 1 is 1.36 bits per heavy atom. The van der Waals surface area contributed by atoms with Crippen LogP contribution in [0.2, 0.25) is 0 Å². The Morgan fingerprint density at radius 3 is 2.79 bits per heavy atom. The minimum absolute atomic E-state index is 0.197. The maximum absolute atomic E-state index is 13.0. The molecule has 28 heavy (non-hydrogen) atoms. The Labute approximate surface area is 163 Å². The predicted octanol–water partition coefficient (Wildman–Crippen LogP) is 3.00. The first kappa shape index (κ1) is 18.2. The Balaban J connectivity index is 1.51. The average Bonchev–Trinajstić information content (AvgIpc) is 3.32. The lowest BCUT2D eigenvalue weighted by Gasteiger charge is -2.25. The third kappa shape index (κ3) is 3.90. The van der Waals surface area contributed by atoms with Crippen molar-refractivity contribution in [3.8, 4) is 0 Å². The molecule has 2 aromatic heterocycles. The zero-order valence-corrected chi connectivity index (χ0v) is 16.1. The van der Waals surface area contributed by atoms with E-state index in [0.29, 0.717) is 30.7 Å². The van der Waals surface area contributed by atoms with E-state index in [2.05, 4.69) is 20.4 Å². The number of hydrogen-bond acceptors (Lipinski definition) is 5. The smallest absolute Gasteiger partial charge is 0.318 e. The molecule has 8 nitrogen and oxygen atoms in total. The van der Waals surface area contributed by atoms with Crippen molar-refractivity contribution < 1.29 is 9.32 Å². The van der Waals surface area contributed by atoms with Crippen molar-refractivity contribution in [2.45, 2.75) is 38.3 Å². The van der Waals surface area contributed by atoms with Crippen molar-refractivity contribution in [2.24, 2.45) is 7.05 Å². The number of amides is 2. The van der Waals surface area contributed by atoms with Crippen LogP contribution in [0.25, 0.3) is 0 Å². The van der Waals surface area contributed by atoms with Gasteiger partial charge < -0.3 is 19.3 Å². The molecule has 0 bridgehead atoms. The van der Waals surface area contributed by atoms with Gasteiger partial charge in [0.1, 0.15) is 11.9 Å². The van der Waals surface area contributed by atoms with Crippen molar-refractivity contribution in [3.05, 3.63) is 65.8 Å². The van der Waals surface area contributed by atoms with Crippen LogP contribution in [0.5, 0.6) is 0 Å². The number of aryl methyl sites for hydroxylation is 1. The van der Waals surface area contributed by atoms with Crippen molar-refractivity contribution >= 4 is 6.03 Å². The van der Waals surface area contributed by atoms with Gasteiger partial charge in [0.15, 0.2) is 5.82 Å². The van der Waals surface area contributed by atoms with Crippen molar-refractivity contribution in [2.75, 3.05) is 6.54 Å². The highest BCUT2D eigenvalue weighted by Crippen LogP contribution is 2.38. The van der Waals surface area contributed by atoms with E-state index in [4.69, 9.17) is 4.52 Å². The minimum atomic E-state index is -0.352. The molecule has 1 aliphatic rings. The number of carbonyl (C=O) groups excluding carboxylic acids is 1. The summed E-state index contributed by atoms with van der Waals surface area (Å²) in [5.74, 6) is 2.39. The molecule has 4 rings (SSSR count). The minimum Gasteiger partial charge on any atom is -0.339 e. The van der Waals surface area contributed by atoms with E-state index in [0.717, 1.165) is 24.2 Å². The van der Waals surface area contributed by atoms with Gasteiger partial charge in [-0.05, 0) is 25.3 Å². The number of hydrogen-bond donors (Lipinski definition) is 1. The Hall–Kier alpha value is -3.16. The van der Waals surface area contributed by atoms with Gasteiger partial charge in [0.25, 0.3) is 0 Å². The third-order valence-corrected chi connectivity index (χ3v) is 4.93. The van der Waals surface area contributed by atoms with E-state index in [1.807, 2.05) is 55.1 Å². The van der Waals surface area contributed by atoms with Gasteiger partial charge in [0, 0.05) is 31.9 Å². The van der Waals surface area contributed by atoms with Crippen LogP contribution in [0.4, 0.5) is 4.79 Å². The summed E-state index contributed by atoms with van der Waals surface area (Å²) in [6, 6.07) is 9.27. The number of urea groups is 1. The van der Waals surface area contributed by atoms with Crippen LogP contribution in [0.3, 0.4) is 0 Å². The van der Waals surface area contributed by atoms with Crippen LogP contribution in [0.1, 0.15) is 54.8 Å². The SMILES string of the molecule is CCN(Cc1noc(C2CC2)n1)C(=O)N[C@@H](c1ccccc1)c1nccn1C. The Morgan fingerprint density at radius 2 is 2.14 bits per heavy atom. The lowest BCUT2D eigenvalue weighted by Crippen LogP contribution is -2.42. The van der Waals surface area contributed by atoms with E-state index in [1.165, 1.54) is 0 Å². The summed E-state index contributed by atoms with van der Waals surface area (Å²) >= 11 is 0. The number of rotatable bonds is 7.